The predicted octanol–water partition coefficient (Wildman–Crippen LogP) is 3.45. The fourth-order valence-corrected chi connectivity index (χ4v) is 1.75. The van der Waals surface area contributed by atoms with E-state index in [0.29, 0.717) is 0 Å². The molecule has 1 atom stereocenters. The molecular weight excluding hydrogens is 243 g/mol. The maximum atomic E-state index is 13.3. The van der Waals surface area contributed by atoms with E-state index in [9.17, 15) is 8.78 Å². The molecule has 0 heterocycles. The summed E-state index contributed by atoms with van der Waals surface area (Å²) in [6.45, 7) is 0. The van der Waals surface area contributed by atoms with Crippen molar-refractivity contribution in [1.82, 2.24) is 0 Å². The lowest BCUT2D eigenvalue weighted by atomic mass is 10.0. The minimum atomic E-state index is -0.644. The Morgan fingerprint density at radius 1 is 1.27 bits per heavy atom. The molecule has 0 radical (unpaired) electrons. The van der Waals surface area contributed by atoms with Gasteiger partial charge in [-0.1, -0.05) is 11.6 Å². The van der Waals surface area contributed by atoms with Crippen LogP contribution in [0.4, 0.5) is 8.78 Å². The van der Waals surface area contributed by atoms with Gasteiger partial charge in [-0.05, 0) is 30.9 Å². The average Bonchev–Trinajstić information content (AvgIpc) is 2.83. The Bertz CT molecular complexity index is 343. The number of hydrogen-bond acceptors (Lipinski definition) is 1. The van der Waals surface area contributed by atoms with Gasteiger partial charge in [0.25, 0.3) is 0 Å². The standard InChI is InChI=1S/C10H10ClF2N.ClH/c11-6-3-7(12)9(8(13)4-6)10(14)5-1-2-5;/h3-5,10H,1-2,14H2;1H/t10-;/m0./s1. The molecule has 0 saturated heterocycles. The highest BCUT2D eigenvalue weighted by Gasteiger charge is 2.33. The predicted molar refractivity (Wildman–Crippen MR) is 58.3 cm³/mol. The highest BCUT2D eigenvalue weighted by Crippen LogP contribution is 2.41. The highest BCUT2D eigenvalue weighted by molar-refractivity contribution is 6.30. The Balaban J connectivity index is 0.00000112. The van der Waals surface area contributed by atoms with Crippen molar-refractivity contribution in [2.75, 3.05) is 0 Å². The van der Waals surface area contributed by atoms with Gasteiger partial charge in [0.15, 0.2) is 0 Å². The molecule has 1 aromatic rings. The molecule has 1 fully saturated rings. The van der Waals surface area contributed by atoms with E-state index < -0.39 is 17.7 Å². The van der Waals surface area contributed by atoms with E-state index in [-0.39, 0.29) is 28.9 Å². The van der Waals surface area contributed by atoms with E-state index >= 15 is 0 Å². The van der Waals surface area contributed by atoms with Gasteiger partial charge in [0.2, 0.25) is 0 Å². The molecule has 84 valence electrons. The van der Waals surface area contributed by atoms with E-state index in [4.69, 9.17) is 17.3 Å². The molecule has 0 aliphatic heterocycles. The Kier molecular flexibility index (Phi) is 3.93. The van der Waals surface area contributed by atoms with Crippen molar-refractivity contribution in [1.29, 1.82) is 0 Å². The Labute approximate surface area is 98.0 Å². The maximum Gasteiger partial charge on any atom is 0.132 e. The molecule has 2 rings (SSSR count). The third kappa shape index (κ3) is 2.60. The van der Waals surface area contributed by atoms with Crippen LogP contribution < -0.4 is 5.73 Å². The minimum Gasteiger partial charge on any atom is -0.324 e. The molecule has 1 aliphatic rings. The first-order chi connectivity index (χ1) is 6.59. The van der Waals surface area contributed by atoms with Crippen LogP contribution in [-0.2, 0) is 0 Å². The van der Waals surface area contributed by atoms with Gasteiger partial charge < -0.3 is 5.73 Å². The maximum absolute atomic E-state index is 13.3. The summed E-state index contributed by atoms with van der Waals surface area (Å²) in [5.41, 5.74) is 5.70. The van der Waals surface area contributed by atoms with Crippen LogP contribution in [0, 0.1) is 17.6 Å². The lowest BCUT2D eigenvalue weighted by Crippen LogP contribution is -2.16. The van der Waals surface area contributed by atoms with Crippen molar-refractivity contribution < 1.29 is 8.78 Å². The van der Waals surface area contributed by atoms with Crippen molar-refractivity contribution >= 4 is 24.0 Å². The topological polar surface area (TPSA) is 26.0 Å². The second kappa shape index (κ2) is 4.64. The highest BCUT2D eigenvalue weighted by atomic mass is 35.5. The van der Waals surface area contributed by atoms with Crippen molar-refractivity contribution in [2.24, 2.45) is 11.7 Å². The number of halogens is 4. The summed E-state index contributed by atoms with van der Waals surface area (Å²) in [5, 5.41) is 0.0618. The summed E-state index contributed by atoms with van der Waals surface area (Å²) in [7, 11) is 0. The summed E-state index contributed by atoms with van der Waals surface area (Å²) < 4.78 is 26.7. The number of nitrogens with two attached hydrogens (primary N) is 1. The van der Waals surface area contributed by atoms with Crippen molar-refractivity contribution in [3.8, 4) is 0 Å². The summed E-state index contributed by atoms with van der Waals surface area (Å²) in [4.78, 5) is 0. The molecule has 1 nitrogen and oxygen atoms in total. The largest absolute Gasteiger partial charge is 0.324 e. The van der Waals surface area contributed by atoms with Crippen molar-refractivity contribution in [3.63, 3.8) is 0 Å². The zero-order chi connectivity index (χ0) is 10.3. The quantitative estimate of drug-likeness (QED) is 0.859. The minimum absolute atomic E-state index is 0. The fraction of sp³-hybridized carbons (Fsp3) is 0.400. The normalized spacial score (nSPS) is 17.1. The number of benzene rings is 1. The summed E-state index contributed by atoms with van der Waals surface area (Å²) >= 11 is 5.50. The molecule has 1 saturated carbocycles. The number of rotatable bonds is 2. The van der Waals surface area contributed by atoms with E-state index in [1.165, 1.54) is 0 Å². The molecule has 0 aromatic heterocycles. The van der Waals surface area contributed by atoms with Gasteiger partial charge >= 0.3 is 0 Å². The van der Waals surface area contributed by atoms with Gasteiger partial charge in [-0.2, -0.15) is 0 Å². The summed E-state index contributed by atoms with van der Waals surface area (Å²) in [6.07, 6.45) is 1.89. The SMILES string of the molecule is Cl.N[C@H](c1c(F)cc(Cl)cc1F)C1CC1. The van der Waals surface area contributed by atoms with E-state index in [1.807, 2.05) is 0 Å². The van der Waals surface area contributed by atoms with Crippen LogP contribution in [0.15, 0.2) is 12.1 Å². The smallest absolute Gasteiger partial charge is 0.132 e. The van der Waals surface area contributed by atoms with Crippen LogP contribution in [0.3, 0.4) is 0 Å². The van der Waals surface area contributed by atoms with Crippen molar-refractivity contribution in [3.05, 3.63) is 34.4 Å². The second-order valence-corrected chi connectivity index (χ2v) is 4.08. The molecular formula is C10H11Cl2F2N. The molecule has 0 amide bonds. The Hall–Kier alpha value is -0.380. The molecule has 5 heteroatoms. The zero-order valence-corrected chi connectivity index (χ0v) is 9.42. The first-order valence-corrected chi connectivity index (χ1v) is 4.87. The summed E-state index contributed by atoms with van der Waals surface area (Å²) in [5.74, 6) is -1.07. The molecule has 2 N–H and O–H groups in total. The molecule has 1 aromatic carbocycles. The van der Waals surface area contributed by atoms with E-state index in [0.717, 1.165) is 25.0 Å². The van der Waals surface area contributed by atoms with Gasteiger partial charge in [0.1, 0.15) is 11.6 Å². The van der Waals surface area contributed by atoms with Crippen LogP contribution in [0.25, 0.3) is 0 Å². The Morgan fingerprint density at radius 3 is 2.13 bits per heavy atom. The van der Waals surface area contributed by atoms with Crippen LogP contribution in [0.2, 0.25) is 5.02 Å². The van der Waals surface area contributed by atoms with Gasteiger partial charge in [-0.15, -0.1) is 12.4 Å². The van der Waals surface area contributed by atoms with Gasteiger partial charge in [0, 0.05) is 16.6 Å². The van der Waals surface area contributed by atoms with Gasteiger partial charge in [-0.25, -0.2) is 8.78 Å². The molecule has 0 unspecified atom stereocenters. The zero-order valence-electron chi connectivity index (χ0n) is 7.84. The van der Waals surface area contributed by atoms with E-state index in [1.54, 1.807) is 0 Å². The van der Waals surface area contributed by atoms with E-state index in [2.05, 4.69) is 0 Å². The molecule has 15 heavy (non-hydrogen) atoms. The second-order valence-electron chi connectivity index (χ2n) is 3.65. The average molecular weight is 254 g/mol. The summed E-state index contributed by atoms with van der Waals surface area (Å²) in [6, 6.07) is 1.66. The fourth-order valence-electron chi connectivity index (χ4n) is 1.56. The first kappa shape index (κ1) is 12.7. The third-order valence-corrected chi connectivity index (χ3v) is 2.73. The van der Waals surface area contributed by atoms with Crippen LogP contribution >= 0.6 is 24.0 Å². The lowest BCUT2D eigenvalue weighted by molar-refractivity contribution is 0.504. The van der Waals surface area contributed by atoms with Crippen LogP contribution in [-0.4, -0.2) is 0 Å². The van der Waals surface area contributed by atoms with Gasteiger partial charge in [0.05, 0.1) is 0 Å². The Morgan fingerprint density at radius 2 is 1.73 bits per heavy atom. The van der Waals surface area contributed by atoms with Crippen molar-refractivity contribution in [2.45, 2.75) is 18.9 Å². The molecule has 0 spiro atoms. The number of hydrogen-bond donors (Lipinski definition) is 1. The molecule has 1 aliphatic carbocycles. The first-order valence-electron chi connectivity index (χ1n) is 4.49. The van der Waals surface area contributed by atoms with Crippen LogP contribution in [0.5, 0.6) is 0 Å². The molecule has 0 bridgehead atoms. The van der Waals surface area contributed by atoms with Gasteiger partial charge in [-0.3, -0.25) is 0 Å². The monoisotopic (exact) mass is 253 g/mol. The lowest BCUT2D eigenvalue weighted by Gasteiger charge is -2.12. The third-order valence-electron chi connectivity index (χ3n) is 2.51. The van der Waals surface area contributed by atoms with Crippen LogP contribution in [0.1, 0.15) is 24.4 Å².